The van der Waals surface area contributed by atoms with E-state index in [1.54, 1.807) is 0 Å². The molecule has 1 aromatic carbocycles. The molecule has 1 fully saturated rings. The van der Waals surface area contributed by atoms with Crippen molar-refractivity contribution in [3.63, 3.8) is 0 Å². The third kappa shape index (κ3) is 3.03. The molecule has 118 valence electrons. The fourth-order valence-electron chi connectivity index (χ4n) is 3.51. The van der Waals surface area contributed by atoms with Crippen molar-refractivity contribution in [1.29, 1.82) is 0 Å². The molecule has 2 aromatic heterocycles. The molecule has 3 aromatic rings. The van der Waals surface area contributed by atoms with Crippen LogP contribution in [0.15, 0.2) is 53.4 Å². The van der Waals surface area contributed by atoms with Crippen molar-refractivity contribution in [3.05, 3.63) is 64.5 Å². The highest BCUT2D eigenvalue weighted by Gasteiger charge is 2.27. The van der Waals surface area contributed by atoms with Crippen molar-refractivity contribution in [2.75, 3.05) is 13.1 Å². The van der Waals surface area contributed by atoms with Crippen molar-refractivity contribution >= 4 is 21.6 Å². The molecule has 4 rings (SSSR count). The van der Waals surface area contributed by atoms with Crippen LogP contribution >= 0.6 is 15.9 Å². The molecular weight excluding hydrogens is 352 g/mol. The highest BCUT2D eigenvalue weighted by Crippen LogP contribution is 2.34. The van der Waals surface area contributed by atoms with Crippen molar-refractivity contribution in [3.8, 4) is 0 Å². The van der Waals surface area contributed by atoms with E-state index in [4.69, 9.17) is 0 Å². The molecule has 0 saturated carbocycles. The molecule has 23 heavy (non-hydrogen) atoms. The quantitative estimate of drug-likeness (QED) is 0.701. The number of hydrogen-bond acceptors (Lipinski definition) is 3. The molecule has 1 atom stereocenters. The Morgan fingerprint density at radius 1 is 1.17 bits per heavy atom. The third-order valence-corrected chi connectivity index (χ3v) is 5.13. The van der Waals surface area contributed by atoms with Crippen molar-refractivity contribution in [1.82, 2.24) is 19.5 Å². The minimum Gasteiger partial charge on any atom is -0.298 e. The summed E-state index contributed by atoms with van der Waals surface area (Å²) in [7, 11) is 0. The fraction of sp³-hybridized carbons (Fsp3) is 0.333. The summed E-state index contributed by atoms with van der Waals surface area (Å²) in [5.74, 6) is 0.481. The van der Waals surface area contributed by atoms with E-state index in [0.29, 0.717) is 5.92 Å². The Morgan fingerprint density at radius 2 is 2.04 bits per heavy atom. The van der Waals surface area contributed by atoms with Gasteiger partial charge in [-0.3, -0.25) is 4.90 Å². The second-order valence-corrected chi connectivity index (χ2v) is 6.90. The van der Waals surface area contributed by atoms with Crippen molar-refractivity contribution in [2.45, 2.75) is 25.3 Å². The summed E-state index contributed by atoms with van der Waals surface area (Å²) < 4.78 is 2.80. The maximum atomic E-state index is 4.55. The van der Waals surface area contributed by atoms with E-state index < -0.39 is 0 Å². The maximum Gasteiger partial charge on any atom is 0.159 e. The Labute approximate surface area is 144 Å². The zero-order chi connectivity index (χ0) is 15.6. The molecule has 1 saturated heterocycles. The summed E-state index contributed by atoms with van der Waals surface area (Å²) in [6, 6.07) is 12.6. The average Bonchev–Trinajstić information content (AvgIpc) is 2.92. The van der Waals surface area contributed by atoms with Gasteiger partial charge in [0.1, 0.15) is 4.60 Å². The van der Waals surface area contributed by atoms with E-state index in [1.165, 1.54) is 24.0 Å². The van der Waals surface area contributed by atoms with Crippen LogP contribution in [0.3, 0.4) is 0 Å². The number of benzene rings is 1. The first-order valence-electron chi connectivity index (χ1n) is 8.06. The predicted octanol–water partition coefficient (Wildman–Crippen LogP) is 3.87. The zero-order valence-corrected chi connectivity index (χ0v) is 14.5. The van der Waals surface area contributed by atoms with Crippen LogP contribution in [-0.4, -0.2) is 32.6 Å². The first-order valence-corrected chi connectivity index (χ1v) is 8.85. The van der Waals surface area contributed by atoms with Gasteiger partial charge in [0.05, 0.1) is 0 Å². The molecule has 0 amide bonds. The standard InChI is InChI=1S/C18H19BrN4/c19-17-16(18-20-9-5-11-23(18)21-17)15-8-4-10-22(13-15)12-14-6-2-1-3-7-14/h1-3,5-7,9,11,15H,4,8,10,12-13H2. The molecule has 0 N–H and O–H groups in total. The Balaban J connectivity index is 1.58. The second-order valence-electron chi connectivity index (χ2n) is 6.15. The normalized spacial score (nSPS) is 19.3. The highest BCUT2D eigenvalue weighted by atomic mass is 79.9. The largest absolute Gasteiger partial charge is 0.298 e. The molecule has 0 spiro atoms. The van der Waals surface area contributed by atoms with Gasteiger partial charge in [0, 0.05) is 37.0 Å². The lowest BCUT2D eigenvalue weighted by Gasteiger charge is -2.32. The average molecular weight is 371 g/mol. The van der Waals surface area contributed by atoms with Crippen LogP contribution in [0.25, 0.3) is 5.65 Å². The van der Waals surface area contributed by atoms with Gasteiger partial charge in [-0.2, -0.15) is 5.10 Å². The number of likely N-dealkylation sites (tertiary alicyclic amines) is 1. The molecule has 1 unspecified atom stereocenters. The van der Waals surface area contributed by atoms with Gasteiger partial charge >= 0.3 is 0 Å². The zero-order valence-electron chi connectivity index (χ0n) is 12.9. The van der Waals surface area contributed by atoms with Crippen LogP contribution in [0.2, 0.25) is 0 Å². The lowest BCUT2D eigenvalue weighted by Crippen LogP contribution is -2.34. The van der Waals surface area contributed by atoms with E-state index in [9.17, 15) is 0 Å². The second kappa shape index (κ2) is 6.42. The number of piperidine rings is 1. The maximum absolute atomic E-state index is 4.55. The number of nitrogens with zero attached hydrogens (tertiary/aromatic N) is 4. The number of aromatic nitrogens is 3. The van der Waals surface area contributed by atoms with Gasteiger partial charge < -0.3 is 0 Å². The van der Waals surface area contributed by atoms with E-state index in [-0.39, 0.29) is 0 Å². The molecule has 5 heteroatoms. The Hall–Kier alpha value is -1.72. The predicted molar refractivity (Wildman–Crippen MR) is 94.4 cm³/mol. The summed E-state index contributed by atoms with van der Waals surface area (Å²) >= 11 is 3.64. The Morgan fingerprint density at radius 3 is 2.91 bits per heavy atom. The molecule has 1 aliphatic rings. The van der Waals surface area contributed by atoms with Crippen LogP contribution in [0.1, 0.15) is 29.9 Å². The van der Waals surface area contributed by atoms with Gasteiger partial charge in [-0.1, -0.05) is 30.3 Å². The molecule has 0 aliphatic carbocycles. The summed E-state index contributed by atoms with van der Waals surface area (Å²) in [6.45, 7) is 3.24. The number of rotatable bonds is 3. The molecule has 3 heterocycles. The van der Waals surface area contributed by atoms with Crippen LogP contribution in [-0.2, 0) is 6.54 Å². The van der Waals surface area contributed by atoms with Gasteiger partial charge in [-0.15, -0.1) is 0 Å². The Kier molecular flexibility index (Phi) is 4.14. The van der Waals surface area contributed by atoms with Crippen molar-refractivity contribution in [2.24, 2.45) is 0 Å². The molecule has 0 bridgehead atoms. The molecule has 1 aliphatic heterocycles. The SMILES string of the molecule is Brc1nn2cccnc2c1C1CCCN(Cc2ccccc2)C1. The molecule has 4 nitrogen and oxygen atoms in total. The Bertz CT molecular complexity index is 799. The van der Waals surface area contributed by atoms with Crippen molar-refractivity contribution < 1.29 is 0 Å². The lowest BCUT2D eigenvalue weighted by molar-refractivity contribution is 0.200. The van der Waals surface area contributed by atoms with E-state index in [0.717, 1.165) is 29.9 Å². The fourth-order valence-corrected chi connectivity index (χ4v) is 4.18. The monoisotopic (exact) mass is 370 g/mol. The molecule has 0 radical (unpaired) electrons. The van der Waals surface area contributed by atoms with E-state index in [2.05, 4.69) is 61.2 Å². The van der Waals surface area contributed by atoms with Crippen LogP contribution in [0, 0.1) is 0 Å². The van der Waals surface area contributed by atoms with Gasteiger partial charge in [-0.25, -0.2) is 9.50 Å². The van der Waals surface area contributed by atoms with Crippen LogP contribution < -0.4 is 0 Å². The first-order chi connectivity index (χ1) is 11.3. The lowest BCUT2D eigenvalue weighted by atomic mass is 9.92. The number of fused-ring (bicyclic) bond motifs is 1. The summed E-state index contributed by atoms with van der Waals surface area (Å²) in [5.41, 5.74) is 3.61. The summed E-state index contributed by atoms with van der Waals surface area (Å²) in [5, 5.41) is 4.55. The van der Waals surface area contributed by atoms with Crippen LogP contribution in [0.4, 0.5) is 0 Å². The van der Waals surface area contributed by atoms with Gasteiger partial charge in [0.2, 0.25) is 0 Å². The van der Waals surface area contributed by atoms with E-state index in [1.807, 2.05) is 23.0 Å². The van der Waals surface area contributed by atoms with Gasteiger partial charge in [0.15, 0.2) is 5.65 Å². The van der Waals surface area contributed by atoms with Gasteiger partial charge in [-0.05, 0) is 46.9 Å². The topological polar surface area (TPSA) is 33.4 Å². The van der Waals surface area contributed by atoms with E-state index >= 15 is 0 Å². The smallest absolute Gasteiger partial charge is 0.159 e. The van der Waals surface area contributed by atoms with Crippen LogP contribution in [0.5, 0.6) is 0 Å². The summed E-state index contributed by atoms with van der Waals surface area (Å²) in [6.07, 6.45) is 6.22. The molecular formula is C18H19BrN4. The highest BCUT2D eigenvalue weighted by molar-refractivity contribution is 9.10. The number of halogens is 1. The van der Waals surface area contributed by atoms with Gasteiger partial charge in [0.25, 0.3) is 0 Å². The minimum atomic E-state index is 0.481. The summed E-state index contributed by atoms with van der Waals surface area (Å²) in [4.78, 5) is 7.08. The third-order valence-electron chi connectivity index (χ3n) is 4.55. The number of hydrogen-bond donors (Lipinski definition) is 0. The first kappa shape index (κ1) is 14.8. The minimum absolute atomic E-state index is 0.481.